The first-order valence-corrected chi connectivity index (χ1v) is 10.4. The second-order valence-electron chi connectivity index (χ2n) is 8.04. The van der Waals surface area contributed by atoms with E-state index in [0.717, 1.165) is 10.0 Å². The Labute approximate surface area is 172 Å². The Hall–Kier alpha value is -1.77. The summed E-state index contributed by atoms with van der Waals surface area (Å²) in [4.78, 5) is 41.1. The van der Waals surface area contributed by atoms with Crippen LogP contribution in [-0.4, -0.2) is 48.9 Å². The minimum absolute atomic E-state index is 0.0894. The Morgan fingerprint density at radius 1 is 1.25 bits per heavy atom. The molecule has 3 amide bonds. The first-order chi connectivity index (χ1) is 13.3. The van der Waals surface area contributed by atoms with Crippen LogP contribution in [0.25, 0.3) is 0 Å². The number of halogens is 1. The van der Waals surface area contributed by atoms with E-state index in [1.54, 1.807) is 7.11 Å². The van der Waals surface area contributed by atoms with Gasteiger partial charge in [-0.25, -0.2) is 0 Å². The maximum absolute atomic E-state index is 13.4. The third-order valence-corrected chi connectivity index (χ3v) is 6.64. The van der Waals surface area contributed by atoms with Gasteiger partial charge < -0.3 is 10.1 Å². The fourth-order valence-electron chi connectivity index (χ4n) is 4.93. The molecule has 1 aromatic rings. The molecule has 4 rings (SSSR count). The number of ether oxygens (including phenoxy) is 1. The molecule has 0 aromatic heterocycles. The first kappa shape index (κ1) is 19.5. The molecule has 2 unspecified atom stereocenters. The molecular weight excluding hydrogens is 426 g/mol. The van der Waals surface area contributed by atoms with E-state index in [0.29, 0.717) is 25.3 Å². The molecule has 0 aliphatic carbocycles. The lowest BCUT2D eigenvalue weighted by atomic mass is 9.76. The quantitative estimate of drug-likeness (QED) is 0.529. The highest BCUT2D eigenvalue weighted by atomic mass is 79.9. The normalized spacial score (nSPS) is 31.1. The van der Waals surface area contributed by atoms with E-state index in [1.165, 1.54) is 4.90 Å². The second kappa shape index (κ2) is 6.93. The van der Waals surface area contributed by atoms with Gasteiger partial charge in [-0.1, -0.05) is 29.8 Å². The zero-order valence-electron chi connectivity index (χ0n) is 16.1. The summed E-state index contributed by atoms with van der Waals surface area (Å²) in [5.74, 6) is -1.93. The van der Waals surface area contributed by atoms with Crippen molar-refractivity contribution in [2.75, 3.05) is 25.6 Å². The maximum atomic E-state index is 13.4. The lowest BCUT2D eigenvalue weighted by Crippen LogP contribution is -2.54. The summed E-state index contributed by atoms with van der Waals surface area (Å²) < 4.78 is 5.89. The summed E-state index contributed by atoms with van der Waals surface area (Å²) in [7, 11) is 1.59. The van der Waals surface area contributed by atoms with Gasteiger partial charge in [0, 0.05) is 42.0 Å². The zero-order valence-corrected chi connectivity index (χ0v) is 17.7. The van der Waals surface area contributed by atoms with E-state index in [1.807, 2.05) is 32.0 Å². The number of fused-ring (bicyclic) bond motifs is 4. The molecule has 150 valence electrons. The van der Waals surface area contributed by atoms with Gasteiger partial charge in [-0.3, -0.25) is 24.6 Å². The Morgan fingerprint density at radius 3 is 2.68 bits per heavy atom. The summed E-state index contributed by atoms with van der Waals surface area (Å²) in [5, 5.41) is 6.33. The number of likely N-dealkylation sites (tertiary alicyclic amines) is 1. The van der Waals surface area contributed by atoms with Crippen molar-refractivity contribution in [3.63, 3.8) is 0 Å². The number of carbonyl (C=O) groups excluding carboxylic acids is 3. The van der Waals surface area contributed by atoms with Gasteiger partial charge in [0.15, 0.2) is 0 Å². The van der Waals surface area contributed by atoms with Crippen molar-refractivity contribution in [2.45, 2.75) is 31.8 Å². The Morgan fingerprint density at radius 2 is 2.00 bits per heavy atom. The van der Waals surface area contributed by atoms with Crippen LogP contribution in [-0.2, 0) is 24.7 Å². The molecule has 3 heterocycles. The van der Waals surface area contributed by atoms with Crippen LogP contribution in [0.15, 0.2) is 22.7 Å². The molecule has 2 fully saturated rings. The molecule has 3 aliphatic rings. The molecule has 2 saturated heterocycles. The number of nitrogens with zero attached hydrogens (tertiary/aromatic N) is 1. The molecule has 7 nitrogen and oxygen atoms in total. The Kier molecular flexibility index (Phi) is 4.84. The summed E-state index contributed by atoms with van der Waals surface area (Å²) in [6.45, 7) is 4.80. The van der Waals surface area contributed by atoms with E-state index in [2.05, 4.69) is 26.6 Å². The maximum Gasteiger partial charge on any atom is 0.250 e. The van der Waals surface area contributed by atoms with Crippen LogP contribution in [0.2, 0.25) is 0 Å². The molecule has 4 atom stereocenters. The number of benzene rings is 1. The number of rotatable bonds is 5. The Balaban J connectivity index is 1.81. The molecule has 1 aromatic carbocycles. The van der Waals surface area contributed by atoms with E-state index >= 15 is 0 Å². The molecule has 28 heavy (non-hydrogen) atoms. The standard InChI is InChI=1S/C20H24BrN3O4/c1-10(2)16-14-15(18(26)24(17(14)25)7-4-8-28-3)20(23-16)12-9-11(21)5-6-13(12)22-19(20)27/h5-6,9-10,14-16,23H,4,7-8H2,1-3H3,(H,22,27)/t14-,15-,16?,20?/m1/s1. The minimum Gasteiger partial charge on any atom is -0.385 e. The number of anilines is 1. The molecule has 2 N–H and O–H groups in total. The van der Waals surface area contributed by atoms with Gasteiger partial charge in [-0.2, -0.15) is 0 Å². The number of nitrogens with one attached hydrogen (secondary N) is 2. The predicted octanol–water partition coefficient (Wildman–Crippen LogP) is 1.86. The van der Waals surface area contributed by atoms with Crippen LogP contribution in [0, 0.1) is 17.8 Å². The molecular formula is C20H24BrN3O4. The van der Waals surface area contributed by atoms with Crippen LogP contribution < -0.4 is 10.6 Å². The number of methoxy groups -OCH3 is 1. The number of hydrogen-bond acceptors (Lipinski definition) is 5. The highest BCUT2D eigenvalue weighted by Gasteiger charge is 2.70. The van der Waals surface area contributed by atoms with Gasteiger partial charge in [-0.05, 0) is 30.5 Å². The van der Waals surface area contributed by atoms with Crippen LogP contribution in [0.1, 0.15) is 25.8 Å². The smallest absolute Gasteiger partial charge is 0.250 e. The van der Waals surface area contributed by atoms with E-state index in [-0.39, 0.29) is 29.7 Å². The van der Waals surface area contributed by atoms with Crippen LogP contribution in [0.5, 0.6) is 0 Å². The van der Waals surface area contributed by atoms with E-state index in [9.17, 15) is 14.4 Å². The van der Waals surface area contributed by atoms with Crippen molar-refractivity contribution >= 4 is 39.3 Å². The van der Waals surface area contributed by atoms with Crippen LogP contribution in [0.3, 0.4) is 0 Å². The van der Waals surface area contributed by atoms with Crippen molar-refractivity contribution in [3.05, 3.63) is 28.2 Å². The van der Waals surface area contributed by atoms with Crippen molar-refractivity contribution in [1.29, 1.82) is 0 Å². The van der Waals surface area contributed by atoms with Gasteiger partial charge in [0.2, 0.25) is 17.7 Å². The highest BCUT2D eigenvalue weighted by molar-refractivity contribution is 9.10. The van der Waals surface area contributed by atoms with Gasteiger partial charge in [0.25, 0.3) is 0 Å². The van der Waals surface area contributed by atoms with Gasteiger partial charge in [-0.15, -0.1) is 0 Å². The zero-order chi connectivity index (χ0) is 20.2. The van der Waals surface area contributed by atoms with Crippen molar-refractivity contribution in [3.8, 4) is 0 Å². The summed E-state index contributed by atoms with van der Waals surface area (Å²) in [5.41, 5.74) is 0.188. The third-order valence-electron chi connectivity index (χ3n) is 6.15. The van der Waals surface area contributed by atoms with Crippen molar-refractivity contribution < 1.29 is 19.1 Å². The SMILES string of the molecule is COCCCN1C(=O)[C@H]2C(C(C)C)NC3(C(=O)Nc4ccc(Br)cc43)[C@H]2C1=O. The molecule has 0 saturated carbocycles. The van der Waals surface area contributed by atoms with Crippen molar-refractivity contribution in [2.24, 2.45) is 17.8 Å². The fourth-order valence-corrected chi connectivity index (χ4v) is 5.29. The second-order valence-corrected chi connectivity index (χ2v) is 8.96. The number of carbonyl (C=O) groups is 3. The monoisotopic (exact) mass is 449 g/mol. The predicted molar refractivity (Wildman–Crippen MR) is 106 cm³/mol. The Bertz CT molecular complexity index is 858. The average molecular weight is 450 g/mol. The van der Waals surface area contributed by atoms with Gasteiger partial charge in [0.1, 0.15) is 5.54 Å². The first-order valence-electron chi connectivity index (χ1n) is 9.56. The summed E-state index contributed by atoms with van der Waals surface area (Å²) >= 11 is 3.47. The van der Waals surface area contributed by atoms with Crippen LogP contribution in [0.4, 0.5) is 5.69 Å². The fraction of sp³-hybridized carbons (Fsp3) is 0.550. The molecule has 1 spiro atoms. The lowest BCUT2D eigenvalue weighted by Gasteiger charge is -2.30. The largest absolute Gasteiger partial charge is 0.385 e. The molecule has 0 bridgehead atoms. The topological polar surface area (TPSA) is 87.7 Å². The summed E-state index contributed by atoms with van der Waals surface area (Å²) in [6.07, 6.45) is 0.578. The number of amides is 3. The number of imide groups is 1. The van der Waals surface area contributed by atoms with E-state index < -0.39 is 17.4 Å². The van der Waals surface area contributed by atoms with Gasteiger partial charge in [0.05, 0.1) is 11.8 Å². The lowest BCUT2D eigenvalue weighted by molar-refractivity contribution is -0.143. The number of hydrogen-bond donors (Lipinski definition) is 2. The molecule has 8 heteroatoms. The average Bonchev–Trinajstić information content (AvgIpc) is 3.23. The van der Waals surface area contributed by atoms with Crippen LogP contribution >= 0.6 is 15.9 Å². The van der Waals surface area contributed by atoms with Crippen molar-refractivity contribution in [1.82, 2.24) is 10.2 Å². The minimum atomic E-state index is -1.22. The van der Waals surface area contributed by atoms with E-state index in [4.69, 9.17) is 4.74 Å². The highest BCUT2D eigenvalue weighted by Crippen LogP contribution is 2.54. The third kappa shape index (κ3) is 2.58. The summed E-state index contributed by atoms with van der Waals surface area (Å²) in [6, 6.07) is 5.28. The van der Waals surface area contributed by atoms with Gasteiger partial charge >= 0.3 is 0 Å². The molecule has 3 aliphatic heterocycles. The molecule has 0 radical (unpaired) electrons.